The maximum Gasteiger partial charge on any atom is 0.206 e. The zero-order valence-electron chi connectivity index (χ0n) is 13.5. The van der Waals surface area contributed by atoms with Crippen LogP contribution in [-0.4, -0.2) is 47.0 Å². The SMILES string of the molecule is COCCNc1nnc(SCC(=O)c2c(C)[nH]c3ccccc23)s1. The standard InChI is InChI=1S/C16H18N4O2S2/c1-10-14(11-5-3-4-6-12(11)18-10)13(21)9-23-16-20-19-15(24-16)17-7-8-22-2/h3-6,18H,7-9H2,1-2H3,(H,17,19). The van der Waals surface area contributed by atoms with Crippen molar-refractivity contribution in [2.24, 2.45) is 0 Å². The summed E-state index contributed by atoms with van der Waals surface area (Å²) in [5, 5.41) is 13.0. The molecule has 0 radical (unpaired) electrons. The Morgan fingerprint density at radius 2 is 2.21 bits per heavy atom. The first-order chi connectivity index (χ1) is 11.7. The number of H-pyrrole nitrogens is 1. The van der Waals surface area contributed by atoms with Crippen molar-refractivity contribution in [3.05, 3.63) is 35.5 Å². The molecule has 3 aromatic rings. The number of hydrogen-bond donors (Lipinski definition) is 2. The minimum Gasteiger partial charge on any atom is -0.383 e. The molecule has 2 heterocycles. The highest BCUT2D eigenvalue weighted by Crippen LogP contribution is 2.28. The third-order valence-corrected chi connectivity index (χ3v) is 5.50. The summed E-state index contributed by atoms with van der Waals surface area (Å²) < 4.78 is 5.76. The Kier molecular flexibility index (Phi) is 5.49. The van der Waals surface area contributed by atoms with Gasteiger partial charge in [-0.1, -0.05) is 41.3 Å². The van der Waals surface area contributed by atoms with Crippen LogP contribution in [0.2, 0.25) is 0 Å². The van der Waals surface area contributed by atoms with Crippen LogP contribution in [0.25, 0.3) is 10.9 Å². The van der Waals surface area contributed by atoms with Gasteiger partial charge in [0.1, 0.15) is 0 Å². The molecule has 0 saturated carbocycles. The van der Waals surface area contributed by atoms with Crippen LogP contribution >= 0.6 is 23.1 Å². The van der Waals surface area contributed by atoms with Gasteiger partial charge in [-0.15, -0.1) is 10.2 Å². The summed E-state index contributed by atoms with van der Waals surface area (Å²) in [5.74, 6) is 0.439. The Morgan fingerprint density at radius 3 is 3.04 bits per heavy atom. The van der Waals surface area contributed by atoms with Gasteiger partial charge in [-0.2, -0.15) is 0 Å². The zero-order chi connectivity index (χ0) is 16.9. The lowest BCUT2D eigenvalue weighted by Crippen LogP contribution is -2.06. The van der Waals surface area contributed by atoms with Gasteiger partial charge in [-0.25, -0.2) is 0 Å². The van der Waals surface area contributed by atoms with Gasteiger partial charge in [-0.3, -0.25) is 4.79 Å². The number of aryl methyl sites for hydroxylation is 1. The van der Waals surface area contributed by atoms with Gasteiger partial charge < -0.3 is 15.0 Å². The highest BCUT2D eigenvalue weighted by atomic mass is 32.2. The van der Waals surface area contributed by atoms with Crippen molar-refractivity contribution in [2.45, 2.75) is 11.3 Å². The van der Waals surface area contributed by atoms with Gasteiger partial charge in [-0.05, 0) is 13.0 Å². The topological polar surface area (TPSA) is 79.9 Å². The molecule has 0 saturated heterocycles. The summed E-state index contributed by atoms with van der Waals surface area (Å²) in [6, 6.07) is 7.86. The summed E-state index contributed by atoms with van der Waals surface area (Å²) in [6.07, 6.45) is 0. The zero-order valence-corrected chi connectivity index (χ0v) is 15.1. The number of Topliss-reactive ketones (excluding diaryl/α,β-unsaturated/α-hetero) is 1. The van der Waals surface area contributed by atoms with Crippen molar-refractivity contribution >= 4 is 44.9 Å². The van der Waals surface area contributed by atoms with Gasteiger partial charge >= 0.3 is 0 Å². The molecule has 0 atom stereocenters. The predicted molar refractivity (Wildman–Crippen MR) is 98.4 cm³/mol. The number of benzene rings is 1. The van der Waals surface area contributed by atoms with E-state index in [0.29, 0.717) is 18.9 Å². The van der Waals surface area contributed by atoms with Gasteiger partial charge in [0.15, 0.2) is 10.1 Å². The first kappa shape index (κ1) is 16.9. The van der Waals surface area contributed by atoms with Gasteiger partial charge in [0.25, 0.3) is 0 Å². The summed E-state index contributed by atoms with van der Waals surface area (Å²) in [7, 11) is 1.65. The number of rotatable bonds is 8. The first-order valence-corrected chi connectivity index (χ1v) is 9.29. The normalized spacial score (nSPS) is 11.1. The maximum atomic E-state index is 12.6. The molecular weight excluding hydrogens is 344 g/mol. The van der Waals surface area contributed by atoms with E-state index in [4.69, 9.17) is 4.74 Å². The van der Waals surface area contributed by atoms with Crippen LogP contribution in [0.5, 0.6) is 0 Å². The van der Waals surface area contributed by atoms with Crippen LogP contribution in [-0.2, 0) is 4.74 Å². The number of ether oxygens (including phenoxy) is 1. The number of fused-ring (bicyclic) bond motifs is 1. The molecule has 8 heteroatoms. The number of ketones is 1. The lowest BCUT2D eigenvalue weighted by atomic mass is 10.1. The monoisotopic (exact) mass is 362 g/mol. The Hall–Kier alpha value is -1.90. The number of nitrogens with one attached hydrogen (secondary N) is 2. The van der Waals surface area contributed by atoms with Crippen LogP contribution in [0.3, 0.4) is 0 Å². The number of hydrogen-bond acceptors (Lipinski definition) is 7. The first-order valence-electron chi connectivity index (χ1n) is 7.48. The Balaban J connectivity index is 1.64. The van der Waals surface area contributed by atoms with Crippen LogP contribution in [0.15, 0.2) is 28.6 Å². The molecule has 3 rings (SSSR count). The van der Waals surface area contributed by atoms with Crippen LogP contribution in [0, 0.1) is 6.92 Å². The van der Waals surface area contributed by atoms with Crippen molar-refractivity contribution in [3.8, 4) is 0 Å². The number of thioether (sulfide) groups is 1. The molecule has 0 unspecified atom stereocenters. The van der Waals surface area contributed by atoms with Crippen LogP contribution in [0.1, 0.15) is 16.1 Å². The summed E-state index contributed by atoms with van der Waals surface area (Å²) in [4.78, 5) is 15.9. The molecule has 0 aliphatic rings. The lowest BCUT2D eigenvalue weighted by Gasteiger charge is -2.00. The maximum absolute atomic E-state index is 12.6. The average Bonchev–Trinajstić information content (AvgIpc) is 3.16. The Bertz CT molecular complexity index is 844. The Morgan fingerprint density at radius 1 is 1.38 bits per heavy atom. The van der Waals surface area contributed by atoms with E-state index in [2.05, 4.69) is 20.5 Å². The quantitative estimate of drug-likeness (QED) is 0.363. The summed E-state index contributed by atoms with van der Waals surface area (Å²) >= 11 is 2.86. The molecule has 0 aliphatic carbocycles. The van der Waals surface area contributed by atoms with E-state index in [9.17, 15) is 4.79 Å². The van der Waals surface area contributed by atoms with E-state index in [0.717, 1.165) is 31.6 Å². The molecule has 0 fully saturated rings. The largest absolute Gasteiger partial charge is 0.383 e. The van der Waals surface area contributed by atoms with Gasteiger partial charge in [0.2, 0.25) is 5.13 Å². The van der Waals surface area contributed by atoms with Crippen molar-refractivity contribution in [1.82, 2.24) is 15.2 Å². The third-order valence-electron chi connectivity index (χ3n) is 3.49. The lowest BCUT2D eigenvalue weighted by molar-refractivity contribution is 0.102. The van der Waals surface area contributed by atoms with Gasteiger partial charge in [0, 0.05) is 35.8 Å². The van der Waals surface area contributed by atoms with Crippen molar-refractivity contribution in [2.75, 3.05) is 31.3 Å². The summed E-state index contributed by atoms with van der Waals surface area (Å²) in [6.45, 7) is 3.23. The van der Waals surface area contributed by atoms with E-state index < -0.39 is 0 Å². The van der Waals surface area contributed by atoms with E-state index in [-0.39, 0.29) is 5.78 Å². The molecule has 24 heavy (non-hydrogen) atoms. The number of para-hydroxylation sites is 1. The molecule has 0 aliphatic heterocycles. The van der Waals surface area contributed by atoms with Gasteiger partial charge in [0.05, 0.1) is 12.4 Å². The summed E-state index contributed by atoms with van der Waals surface area (Å²) in [5.41, 5.74) is 2.66. The number of aromatic amines is 1. The van der Waals surface area contributed by atoms with Crippen LogP contribution in [0.4, 0.5) is 5.13 Å². The number of carbonyl (C=O) groups excluding carboxylic acids is 1. The fourth-order valence-corrected chi connectivity index (χ4v) is 4.08. The third kappa shape index (κ3) is 3.77. The van der Waals surface area contributed by atoms with E-state index in [1.165, 1.54) is 23.1 Å². The average molecular weight is 362 g/mol. The second-order valence-corrected chi connectivity index (χ2v) is 7.38. The second-order valence-electron chi connectivity index (χ2n) is 5.18. The molecule has 0 spiro atoms. The molecule has 2 N–H and O–H groups in total. The fourth-order valence-electron chi connectivity index (χ4n) is 2.43. The Labute approximate surface area is 148 Å². The molecule has 0 bridgehead atoms. The van der Waals surface area contributed by atoms with E-state index >= 15 is 0 Å². The minimum atomic E-state index is 0.0963. The molecule has 6 nitrogen and oxygen atoms in total. The second kappa shape index (κ2) is 7.78. The van der Waals surface area contributed by atoms with Crippen LogP contribution < -0.4 is 5.32 Å². The molecule has 2 aromatic heterocycles. The minimum absolute atomic E-state index is 0.0963. The molecule has 1 aromatic carbocycles. The molecular formula is C16H18N4O2S2. The fraction of sp³-hybridized carbons (Fsp3) is 0.312. The number of nitrogens with zero attached hydrogens (tertiary/aromatic N) is 2. The van der Waals surface area contributed by atoms with Crippen molar-refractivity contribution < 1.29 is 9.53 Å². The number of carbonyl (C=O) groups is 1. The molecule has 0 amide bonds. The number of methoxy groups -OCH3 is 1. The highest BCUT2D eigenvalue weighted by Gasteiger charge is 2.17. The highest BCUT2D eigenvalue weighted by molar-refractivity contribution is 8.01. The number of aromatic nitrogens is 3. The smallest absolute Gasteiger partial charge is 0.206 e. The predicted octanol–water partition coefficient (Wildman–Crippen LogP) is 3.36. The van der Waals surface area contributed by atoms with Crippen molar-refractivity contribution in [1.29, 1.82) is 0 Å². The number of anilines is 1. The van der Waals surface area contributed by atoms with Crippen molar-refractivity contribution in [3.63, 3.8) is 0 Å². The van der Waals surface area contributed by atoms with E-state index in [1.54, 1.807) is 7.11 Å². The van der Waals surface area contributed by atoms with E-state index in [1.807, 2.05) is 31.2 Å². The molecule has 126 valence electrons.